The highest BCUT2D eigenvalue weighted by Crippen LogP contribution is 2.46. The molecule has 0 saturated heterocycles. The van der Waals surface area contributed by atoms with Crippen molar-refractivity contribution in [1.29, 1.82) is 0 Å². The lowest BCUT2D eigenvalue weighted by Crippen LogP contribution is -1.97. The van der Waals surface area contributed by atoms with Crippen molar-refractivity contribution in [3.05, 3.63) is 416 Å². The zero-order valence-corrected chi connectivity index (χ0v) is 66.9. The van der Waals surface area contributed by atoms with Crippen LogP contribution in [0.5, 0.6) is 0 Å². The molecule has 0 radical (unpaired) electrons. The number of nitrogens with zero attached hydrogens (tertiary/aromatic N) is 3. The average Bonchev–Trinajstić information content (AvgIpc) is 1.60. The van der Waals surface area contributed by atoms with Gasteiger partial charge in [0.05, 0.1) is 72.7 Å². The lowest BCUT2D eigenvalue weighted by atomic mass is 9.91. The molecule has 3 aliphatic heterocycles. The van der Waals surface area contributed by atoms with Crippen LogP contribution in [0.2, 0.25) is 0 Å². The number of aromatic nitrogens is 3. The van der Waals surface area contributed by atoms with E-state index in [2.05, 4.69) is 359 Å². The Balaban J connectivity index is 0.000000101. The van der Waals surface area contributed by atoms with Gasteiger partial charge in [0.25, 0.3) is 0 Å². The fourth-order valence-electron chi connectivity index (χ4n) is 19.9. The third kappa shape index (κ3) is 11.7. The molecule has 123 heavy (non-hydrogen) atoms. The van der Waals surface area contributed by atoms with Crippen LogP contribution in [0.25, 0.3) is 215 Å². The quantitative estimate of drug-likeness (QED) is 0.165. The summed E-state index contributed by atoms with van der Waals surface area (Å²) in [6.45, 7) is 3.52. The van der Waals surface area contributed by atoms with Crippen molar-refractivity contribution in [3.8, 4) is 83.8 Å². The molecule has 0 atom stereocenters. The van der Waals surface area contributed by atoms with Gasteiger partial charge in [-0.15, -0.1) is 0 Å². The van der Waals surface area contributed by atoms with E-state index in [0.717, 1.165) is 88.4 Å². The minimum absolute atomic E-state index is 0.576. The molecule has 24 aromatic rings. The van der Waals surface area contributed by atoms with E-state index in [1.807, 2.05) is 36.4 Å². The Hall–Kier alpha value is -15.4. The number of ether oxygens (including phenoxy) is 3. The normalized spacial score (nSPS) is 13.1. The van der Waals surface area contributed by atoms with Crippen molar-refractivity contribution in [2.24, 2.45) is 0 Å². The molecule has 0 unspecified atom stereocenters. The molecule has 582 valence electrons. The summed E-state index contributed by atoms with van der Waals surface area (Å²) in [4.78, 5) is 0. The topological polar surface area (TPSA) is 81.9 Å². The minimum atomic E-state index is 0.576. The van der Waals surface area contributed by atoms with Crippen LogP contribution >= 0.6 is 0 Å². The highest BCUT2D eigenvalue weighted by molar-refractivity contribution is 6.15. The average molecular weight is 1580 g/mol. The van der Waals surface area contributed by atoms with Gasteiger partial charge in [-0.3, -0.25) is 0 Å². The van der Waals surface area contributed by atoms with E-state index >= 15 is 0 Å². The summed E-state index contributed by atoms with van der Waals surface area (Å²) in [5.74, 6) is 0. The molecule has 0 aliphatic carbocycles. The maximum atomic E-state index is 6.23. The van der Waals surface area contributed by atoms with Gasteiger partial charge < -0.3 is 41.2 Å². The van der Waals surface area contributed by atoms with Crippen LogP contribution in [0.1, 0.15) is 33.4 Å². The first-order valence-electron chi connectivity index (χ1n) is 42.2. The van der Waals surface area contributed by atoms with Crippen LogP contribution < -0.4 is 0 Å². The maximum Gasteiger partial charge on any atom is 0.136 e. The molecule has 0 bridgehead atoms. The Morgan fingerprint density at radius 1 is 0.163 bits per heavy atom. The van der Waals surface area contributed by atoms with Crippen LogP contribution in [-0.4, -0.2) is 13.7 Å². The molecule has 27 rings (SSSR count). The number of hydrogen-bond donors (Lipinski definition) is 0. The van der Waals surface area contributed by atoms with Gasteiger partial charge in [-0.2, -0.15) is 0 Å². The molecule has 9 heterocycles. The number of benzene rings is 18. The van der Waals surface area contributed by atoms with Gasteiger partial charge in [-0.05, 0) is 240 Å². The van der Waals surface area contributed by atoms with Crippen LogP contribution in [0, 0.1) is 0 Å². The summed E-state index contributed by atoms with van der Waals surface area (Å²) in [6.07, 6.45) is 0. The number of hydrogen-bond acceptors (Lipinski definition) is 6. The Labute approximate surface area is 706 Å². The lowest BCUT2D eigenvalue weighted by molar-refractivity contribution is 0.110. The van der Waals surface area contributed by atoms with Crippen molar-refractivity contribution >= 4 is 131 Å². The van der Waals surface area contributed by atoms with E-state index in [4.69, 9.17) is 27.5 Å². The van der Waals surface area contributed by atoms with Gasteiger partial charge >= 0.3 is 0 Å². The summed E-state index contributed by atoms with van der Waals surface area (Å²) in [7, 11) is 0. The summed E-state index contributed by atoms with van der Waals surface area (Å²) < 4.78 is 44.2. The van der Waals surface area contributed by atoms with Gasteiger partial charge in [-0.25, -0.2) is 0 Å². The zero-order chi connectivity index (χ0) is 80.7. The molecule has 6 aromatic heterocycles. The Morgan fingerprint density at radius 3 is 0.911 bits per heavy atom. The van der Waals surface area contributed by atoms with Gasteiger partial charge in [0.15, 0.2) is 0 Å². The summed E-state index contributed by atoms with van der Waals surface area (Å²) in [6, 6.07) is 137. The molecule has 0 spiro atoms. The van der Waals surface area contributed by atoms with E-state index in [-0.39, 0.29) is 0 Å². The van der Waals surface area contributed by atoms with Gasteiger partial charge in [0.2, 0.25) is 0 Å². The fraction of sp³-hybridized carbons (Fsp3) is 0.0526. The van der Waals surface area contributed by atoms with Gasteiger partial charge in [-0.1, -0.05) is 243 Å². The molecular weight excluding hydrogens is 1510 g/mol. The van der Waals surface area contributed by atoms with Crippen LogP contribution in [0.3, 0.4) is 0 Å². The molecule has 9 heteroatoms. The first kappa shape index (κ1) is 70.6. The minimum Gasteiger partial charge on any atom is -0.456 e. The monoisotopic (exact) mass is 1580 g/mol. The Kier molecular flexibility index (Phi) is 16.5. The highest BCUT2D eigenvalue weighted by Gasteiger charge is 2.26. The molecule has 18 aromatic carbocycles. The standard InChI is InChI=1S/3C38H25NO2/c1-4-12-34-30(8-1)31-9-2-5-13-35(31)39(34)27-18-19-28-26(20-27)23-40-22-25-17-16-24(21-33(25)28)29-11-7-15-37-38(29)32-10-3-6-14-36(32)41-37;1-4-10-35-30(7-1)31-8-2-5-11-36(31)39(35)28-16-17-29-27(19-28)23-40-22-26-14-13-24(20-33(26)29)25-15-18-38-34(21-25)32-9-3-6-12-37(32)41-38;1-4-10-35-30(7-1)31-8-2-5-11-36(31)39(35)28-16-18-29-27(19-28)23-40-22-26-14-13-24(20-34(26)29)25-15-17-33-32-9-3-6-12-37(32)41-38(33)21-25/h3*1-21H,22-23H2. The van der Waals surface area contributed by atoms with E-state index < -0.39 is 0 Å². The Morgan fingerprint density at radius 2 is 0.463 bits per heavy atom. The third-order valence-corrected chi connectivity index (χ3v) is 25.7. The predicted molar refractivity (Wildman–Crippen MR) is 502 cm³/mol. The largest absolute Gasteiger partial charge is 0.456 e. The fourth-order valence-corrected chi connectivity index (χ4v) is 19.9. The van der Waals surface area contributed by atoms with E-state index in [1.54, 1.807) is 0 Å². The van der Waals surface area contributed by atoms with E-state index in [9.17, 15) is 0 Å². The first-order valence-corrected chi connectivity index (χ1v) is 42.2. The second-order valence-corrected chi connectivity index (χ2v) is 32.6. The van der Waals surface area contributed by atoms with Gasteiger partial charge in [0.1, 0.15) is 33.5 Å². The van der Waals surface area contributed by atoms with Crippen molar-refractivity contribution in [2.45, 2.75) is 39.6 Å². The second-order valence-electron chi connectivity index (χ2n) is 32.6. The van der Waals surface area contributed by atoms with Crippen molar-refractivity contribution in [2.75, 3.05) is 0 Å². The third-order valence-electron chi connectivity index (χ3n) is 25.7. The van der Waals surface area contributed by atoms with Crippen LogP contribution in [0.15, 0.2) is 395 Å². The van der Waals surface area contributed by atoms with Crippen molar-refractivity contribution in [1.82, 2.24) is 13.7 Å². The lowest BCUT2D eigenvalue weighted by Gasteiger charge is -2.14. The summed E-state index contributed by atoms with van der Waals surface area (Å²) in [5.41, 5.74) is 37.9. The molecule has 3 aliphatic rings. The van der Waals surface area contributed by atoms with E-state index in [0.29, 0.717) is 39.6 Å². The van der Waals surface area contributed by atoms with Crippen molar-refractivity contribution in [3.63, 3.8) is 0 Å². The maximum absolute atomic E-state index is 6.23. The predicted octanol–water partition coefficient (Wildman–Crippen LogP) is 30.1. The summed E-state index contributed by atoms with van der Waals surface area (Å²) >= 11 is 0. The number of furan rings is 3. The first-order chi connectivity index (χ1) is 61.0. The Bertz CT molecular complexity index is 8300. The smallest absolute Gasteiger partial charge is 0.136 e. The molecule has 0 amide bonds. The molecule has 0 saturated carbocycles. The molecular formula is C114H75N3O6. The highest BCUT2D eigenvalue weighted by atomic mass is 16.5. The van der Waals surface area contributed by atoms with Crippen LogP contribution in [0.4, 0.5) is 0 Å². The number of fused-ring (bicyclic) bond motifs is 27. The molecule has 0 N–H and O–H groups in total. The summed E-state index contributed by atoms with van der Waals surface area (Å²) in [5, 5.41) is 14.5. The SMILES string of the molecule is c1ccc2c(c1)oc1cc(-c3ccc4c(c3)-c3ccc(-n5c6ccccc6c6ccccc65)cc3COC4)ccc12.c1ccc2c(c1)oc1ccc(-c3ccc4c(c3)-c3ccc(-n5c6ccccc6c6ccccc65)cc3COC4)cc12.c1ccc2c(c1)oc1cccc(-c3ccc4c(c3)-c3ccc(-n5c6ccccc6c6ccccc65)cc3COC4)c12. The van der Waals surface area contributed by atoms with Crippen molar-refractivity contribution < 1.29 is 27.5 Å². The van der Waals surface area contributed by atoms with Gasteiger partial charge in [0, 0.05) is 81.7 Å². The molecule has 9 nitrogen and oxygen atoms in total. The van der Waals surface area contributed by atoms with E-state index in [1.165, 1.54) is 160 Å². The second kappa shape index (κ2) is 28.7. The zero-order valence-electron chi connectivity index (χ0n) is 66.9. The number of para-hydroxylation sites is 9. The molecule has 0 fully saturated rings. The number of rotatable bonds is 6. The van der Waals surface area contributed by atoms with Crippen LogP contribution in [-0.2, 0) is 53.9 Å².